The number of hydrogen-bond acceptors (Lipinski definition) is 0. The van der Waals surface area contributed by atoms with Gasteiger partial charge in [-0.1, -0.05) is 116 Å². The Morgan fingerprint density at radius 2 is 0.500 bits per heavy atom. The van der Waals surface area contributed by atoms with Crippen molar-refractivity contribution in [1.29, 1.82) is 0 Å². The van der Waals surface area contributed by atoms with Crippen LogP contribution < -0.4 is 15.9 Å². The first kappa shape index (κ1) is 42.8. The standard InChI is InChI=1S/C48H76ClP/c1-2-3-4-5-6-7-8-9-10-11-12-13-14-15-16-17-18-19-20-21-22-23-24-25-26-27-28-38-45-50(49,46-39-32-29-33-40-46,47-41-34-30-35-42-47)48-43-36-31-37-44-48/h29-37,39-44H,2-28,38,45H2,1H3. The molecule has 0 bridgehead atoms. The van der Waals surface area contributed by atoms with Gasteiger partial charge in [0.15, 0.2) is 0 Å². The van der Waals surface area contributed by atoms with Crippen LogP contribution in [0, 0.1) is 0 Å². The molecule has 0 fully saturated rings. The number of unbranched alkanes of at least 4 members (excludes halogenated alkanes) is 27. The summed E-state index contributed by atoms with van der Waals surface area (Å²) in [5.74, 6) is -3.09. The molecule has 0 amide bonds. The summed E-state index contributed by atoms with van der Waals surface area (Å²) in [4.78, 5) is 0. The minimum absolute atomic E-state index is 1.02. The maximum atomic E-state index is 8.22. The van der Waals surface area contributed by atoms with Crippen LogP contribution in [-0.4, -0.2) is 6.16 Å². The molecule has 3 aromatic rings. The summed E-state index contributed by atoms with van der Waals surface area (Å²) in [5.41, 5.74) is 0. The van der Waals surface area contributed by atoms with Gasteiger partial charge < -0.3 is 0 Å². The summed E-state index contributed by atoms with van der Waals surface area (Å²) in [6.07, 6.45) is 41.0. The molecule has 0 unspecified atom stereocenters. The van der Waals surface area contributed by atoms with Crippen LogP contribution in [0.1, 0.15) is 187 Å². The van der Waals surface area contributed by atoms with Crippen LogP contribution in [0.25, 0.3) is 0 Å². The van der Waals surface area contributed by atoms with Crippen molar-refractivity contribution in [2.24, 2.45) is 0 Å². The molecule has 3 rings (SSSR count). The van der Waals surface area contributed by atoms with Crippen molar-refractivity contribution in [2.45, 2.75) is 187 Å². The molecule has 50 heavy (non-hydrogen) atoms. The molecule has 0 spiro atoms. The van der Waals surface area contributed by atoms with E-state index in [0.717, 1.165) is 6.16 Å². The van der Waals surface area contributed by atoms with Crippen molar-refractivity contribution >= 4 is 33.1 Å². The average molecular weight is 720 g/mol. The van der Waals surface area contributed by atoms with E-state index in [0.29, 0.717) is 0 Å². The molecule has 0 saturated carbocycles. The molecule has 0 radical (unpaired) electrons. The van der Waals surface area contributed by atoms with Crippen molar-refractivity contribution in [2.75, 3.05) is 6.16 Å². The molecule has 3 aromatic carbocycles. The third-order valence-corrected chi connectivity index (χ3v) is 18.9. The van der Waals surface area contributed by atoms with E-state index in [9.17, 15) is 0 Å². The summed E-state index contributed by atoms with van der Waals surface area (Å²) < 4.78 is 0. The van der Waals surface area contributed by atoms with Gasteiger partial charge in [-0.2, -0.15) is 0 Å². The predicted octanol–water partition coefficient (Wildman–Crippen LogP) is 15.6. The average Bonchev–Trinajstić information content (AvgIpc) is 3.17. The van der Waals surface area contributed by atoms with E-state index in [2.05, 4.69) is 97.9 Å². The zero-order valence-corrected chi connectivity index (χ0v) is 34.1. The van der Waals surface area contributed by atoms with Gasteiger partial charge in [0.1, 0.15) is 0 Å². The van der Waals surface area contributed by atoms with E-state index in [1.54, 1.807) is 0 Å². The van der Waals surface area contributed by atoms with E-state index in [4.69, 9.17) is 11.2 Å². The fourth-order valence-corrected chi connectivity index (χ4v) is 14.4. The Morgan fingerprint density at radius 3 is 0.720 bits per heavy atom. The Hall–Kier alpha value is -1.62. The van der Waals surface area contributed by atoms with Gasteiger partial charge in [0, 0.05) is 0 Å². The Bertz CT molecular complexity index is 1080. The Kier molecular flexibility index (Phi) is 23.2. The Balaban J connectivity index is 1.16. The van der Waals surface area contributed by atoms with Crippen LogP contribution in [-0.2, 0) is 0 Å². The molecule has 2 heteroatoms. The van der Waals surface area contributed by atoms with Crippen molar-refractivity contribution in [3.63, 3.8) is 0 Å². The molecular formula is C48H76ClP. The van der Waals surface area contributed by atoms with Gasteiger partial charge in [0.05, 0.1) is 0 Å². The Morgan fingerprint density at radius 1 is 0.300 bits per heavy atom. The molecule has 0 aliphatic heterocycles. The summed E-state index contributed by atoms with van der Waals surface area (Å²) in [6, 6.07) is 32.9. The molecule has 0 heterocycles. The zero-order chi connectivity index (χ0) is 35.3. The fourth-order valence-electron chi connectivity index (χ4n) is 8.13. The van der Waals surface area contributed by atoms with E-state index >= 15 is 0 Å². The van der Waals surface area contributed by atoms with E-state index in [1.807, 2.05) is 0 Å². The van der Waals surface area contributed by atoms with Crippen molar-refractivity contribution in [3.05, 3.63) is 91.0 Å². The second-order valence-corrected chi connectivity index (χ2v) is 22.1. The summed E-state index contributed by atoms with van der Waals surface area (Å²) in [6.45, 7) is 2.31. The normalized spacial score (nSPS) is 12.6. The van der Waals surface area contributed by atoms with Gasteiger partial charge in [-0.05, 0) is 0 Å². The number of halogens is 1. The molecule has 280 valence electrons. The van der Waals surface area contributed by atoms with Crippen molar-refractivity contribution in [3.8, 4) is 0 Å². The number of benzene rings is 3. The van der Waals surface area contributed by atoms with Crippen LogP contribution >= 0.6 is 17.2 Å². The van der Waals surface area contributed by atoms with Crippen molar-refractivity contribution < 1.29 is 0 Å². The first-order valence-electron chi connectivity index (χ1n) is 21.6. The molecular weight excluding hydrogens is 643 g/mol. The molecule has 0 aromatic heterocycles. The van der Waals surface area contributed by atoms with Crippen LogP contribution in [0.5, 0.6) is 0 Å². The first-order chi connectivity index (χ1) is 24.7. The minimum atomic E-state index is -3.09. The summed E-state index contributed by atoms with van der Waals surface area (Å²) in [7, 11) is 0. The topological polar surface area (TPSA) is 0 Å². The van der Waals surface area contributed by atoms with Gasteiger partial charge in [-0.15, -0.1) is 0 Å². The molecule has 0 nitrogen and oxygen atoms in total. The van der Waals surface area contributed by atoms with Crippen LogP contribution in [0.4, 0.5) is 0 Å². The molecule has 0 saturated heterocycles. The molecule has 0 aliphatic carbocycles. The molecule has 0 atom stereocenters. The Labute approximate surface area is 315 Å². The van der Waals surface area contributed by atoms with Crippen LogP contribution in [0.3, 0.4) is 0 Å². The van der Waals surface area contributed by atoms with Gasteiger partial charge in [0.25, 0.3) is 0 Å². The van der Waals surface area contributed by atoms with E-state index < -0.39 is 5.96 Å². The predicted molar refractivity (Wildman–Crippen MR) is 231 cm³/mol. The van der Waals surface area contributed by atoms with E-state index in [-0.39, 0.29) is 0 Å². The SMILES string of the molecule is CCCCCCCCCCCCCCCCCCCCCCCCCCCCCCP(Cl)(c1ccccc1)(c1ccccc1)c1ccccc1. The fraction of sp³-hybridized carbons (Fsp3) is 0.625. The quantitative estimate of drug-likeness (QED) is 0.0445. The second kappa shape index (κ2) is 27.1. The third-order valence-electron chi connectivity index (χ3n) is 11.3. The van der Waals surface area contributed by atoms with Gasteiger partial charge in [-0.25, -0.2) is 0 Å². The first-order valence-corrected chi connectivity index (χ1v) is 24.9. The van der Waals surface area contributed by atoms with Gasteiger partial charge in [0.2, 0.25) is 0 Å². The number of rotatable bonds is 32. The monoisotopic (exact) mass is 719 g/mol. The van der Waals surface area contributed by atoms with Gasteiger partial charge >= 0.3 is 201 Å². The molecule has 0 aliphatic rings. The second-order valence-electron chi connectivity index (χ2n) is 15.5. The molecule has 0 N–H and O–H groups in total. The van der Waals surface area contributed by atoms with Crippen LogP contribution in [0.15, 0.2) is 91.0 Å². The number of hydrogen-bond donors (Lipinski definition) is 0. The maximum absolute atomic E-state index is 8.22. The van der Waals surface area contributed by atoms with Crippen LogP contribution in [0.2, 0.25) is 0 Å². The van der Waals surface area contributed by atoms with Crippen molar-refractivity contribution in [1.82, 2.24) is 0 Å². The van der Waals surface area contributed by atoms with Gasteiger partial charge in [-0.3, -0.25) is 0 Å². The zero-order valence-electron chi connectivity index (χ0n) is 32.5. The summed E-state index contributed by atoms with van der Waals surface area (Å²) >= 11 is 8.22. The third kappa shape index (κ3) is 15.5. The van der Waals surface area contributed by atoms with E-state index in [1.165, 1.54) is 196 Å². The summed E-state index contributed by atoms with van der Waals surface area (Å²) in [5, 5.41) is 3.88.